The van der Waals surface area contributed by atoms with E-state index in [4.69, 9.17) is 4.74 Å². The van der Waals surface area contributed by atoms with Gasteiger partial charge in [0.2, 0.25) is 5.88 Å². The first-order valence-corrected chi connectivity index (χ1v) is 5.62. The summed E-state index contributed by atoms with van der Waals surface area (Å²) in [5.74, 6) is 0.261. The summed E-state index contributed by atoms with van der Waals surface area (Å²) in [6.45, 7) is 0. The van der Waals surface area contributed by atoms with Crippen molar-refractivity contribution in [3.63, 3.8) is 0 Å². The Morgan fingerprint density at radius 1 is 1.20 bits per heavy atom. The number of carbonyl (C=O) groups is 1. The van der Waals surface area contributed by atoms with Crippen molar-refractivity contribution in [2.24, 2.45) is 0 Å². The Bertz CT molecular complexity index is 639. The lowest BCUT2D eigenvalue weighted by atomic mass is 9.98. The summed E-state index contributed by atoms with van der Waals surface area (Å²) in [5.41, 5.74) is -0.0132. The fourth-order valence-corrected chi connectivity index (χ4v) is 1.77. The molecule has 1 aromatic carbocycles. The Labute approximate surface area is 113 Å². The van der Waals surface area contributed by atoms with Gasteiger partial charge in [-0.2, -0.15) is 13.2 Å². The van der Waals surface area contributed by atoms with Gasteiger partial charge in [0.15, 0.2) is 6.29 Å². The highest BCUT2D eigenvalue weighted by Gasteiger charge is 2.31. The number of alkyl halides is 3. The van der Waals surface area contributed by atoms with Crippen LogP contribution in [0.3, 0.4) is 0 Å². The zero-order valence-corrected chi connectivity index (χ0v) is 10.4. The molecule has 0 fully saturated rings. The van der Waals surface area contributed by atoms with Crippen LogP contribution in [0.25, 0.3) is 11.1 Å². The molecule has 20 heavy (non-hydrogen) atoms. The van der Waals surface area contributed by atoms with Gasteiger partial charge >= 0.3 is 6.18 Å². The molecule has 1 aromatic heterocycles. The van der Waals surface area contributed by atoms with E-state index in [-0.39, 0.29) is 17.0 Å². The van der Waals surface area contributed by atoms with Crippen LogP contribution < -0.4 is 4.74 Å². The fourth-order valence-electron chi connectivity index (χ4n) is 1.77. The SMILES string of the molecule is COc1cc(-c2cc(C(F)(F)F)ccc2C=O)ccn1. The summed E-state index contributed by atoms with van der Waals surface area (Å²) >= 11 is 0. The van der Waals surface area contributed by atoms with Gasteiger partial charge in [0, 0.05) is 17.8 Å². The van der Waals surface area contributed by atoms with E-state index in [0.717, 1.165) is 18.2 Å². The number of pyridine rings is 1. The average molecular weight is 281 g/mol. The van der Waals surface area contributed by atoms with Crippen LogP contribution in [0.5, 0.6) is 5.88 Å². The number of aldehydes is 1. The van der Waals surface area contributed by atoms with Gasteiger partial charge < -0.3 is 4.74 Å². The normalized spacial score (nSPS) is 11.2. The number of rotatable bonds is 3. The maximum Gasteiger partial charge on any atom is 0.416 e. The third-order valence-corrected chi connectivity index (χ3v) is 2.76. The molecule has 0 spiro atoms. The first-order chi connectivity index (χ1) is 9.45. The van der Waals surface area contributed by atoms with Crippen molar-refractivity contribution in [2.45, 2.75) is 6.18 Å². The summed E-state index contributed by atoms with van der Waals surface area (Å²) in [7, 11) is 1.40. The van der Waals surface area contributed by atoms with Crippen LogP contribution in [-0.2, 0) is 6.18 Å². The second-order valence-electron chi connectivity index (χ2n) is 4.00. The van der Waals surface area contributed by atoms with Gasteiger partial charge in [-0.25, -0.2) is 4.98 Å². The van der Waals surface area contributed by atoms with Crippen molar-refractivity contribution in [1.82, 2.24) is 4.98 Å². The summed E-state index contributed by atoms with van der Waals surface area (Å²) in [4.78, 5) is 14.9. The van der Waals surface area contributed by atoms with E-state index in [0.29, 0.717) is 11.8 Å². The first-order valence-electron chi connectivity index (χ1n) is 5.62. The molecule has 0 amide bonds. The minimum absolute atomic E-state index is 0.172. The van der Waals surface area contributed by atoms with Crippen molar-refractivity contribution < 1.29 is 22.7 Å². The molecule has 2 aromatic rings. The lowest BCUT2D eigenvalue weighted by Gasteiger charge is -2.11. The Balaban J connectivity index is 2.61. The first kappa shape index (κ1) is 14.0. The highest BCUT2D eigenvalue weighted by Crippen LogP contribution is 2.34. The Morgan fingerprint density at radius 2 is 1.95 bits per heavy atom. The van der Waals surface area contributed by atoms with Gasteiger partial charge in [0.25, 0.3) is 0 Å². The molecular formula is C14H10F3NO2. The Hall–Kier alpha value is -2.37. The fraction of sp³-hybridized carbons (Fsp3) is 0.143. The summed E-state index contributed by atoms with van der Waals surface area (Å²) in [6.07, 6.45) is -2.54. The third kappa shape index (κ3) is 2.79. The molecular weight excluding hydrogens is 271 g/mol. The number of hydrogen-bond acceptors (Lipinski definition) is 3. The molecule has 6 heteroatoms. The smallest absolute Gasteiger partial charge is 0.416 e. The molecule has 0 unspecified atom stereocenters. The minimum Gasteiger partial charge on any atom is -0.481 e. The maximum atomic E-state index is 12.7. The van der Waals surface area contributed by atoms with Gasteiger partial charge in [-0.3, -0.25) is 4.79 Å². The summed E-state index contributed by atoms with van der Waals surface area (Å²) in [5, 5.41) is 0. The molecule has 0 aliphatic rings. The summed E-state index contributed by atoms with van der Waals surface area (Å²) in [6, 6.07) is 5.97. The molecule has 0 N–H and O–H groups in total. The number of hydrogen-bond donors (Lipinski definition) is 0. The Morgan fingerprint density at radius 3 is 2.55 bits per heavy atom. The van der Waals surface area contributed by atoms with E-state index >= 15 is 0 Å². The number of halogens is 3. The maximum absolute atomic E-state index is 12.7. The second kappa shape index (κ2) is 5.32. The monoisotopic (exact) mass is 281 g/mol. The van der Waals surface area contributed by atoms with E-state index in [1.54, 1.807) is 0 Å². The number of nitrogens with zero attached hydrogens (tertiary/aromatic N) is 1. The largest absolute Gasteiger partial charge is 0.481 e. The van der Waals surface area contributed by atoms with Crippen LogP contribution in [0.1, 0.15) is 15.9 Å². The standard InChI is InChI=1S/C14H10F3NO2/c1-20-13-6-9(4-5-18-13)12-7-11(14(15,16)17)3-2-10(12)8-19/h2-8H,1H3. The average Bonchev–Trinajstić information content (AvgIpc) is 2.45. The van der Waals surface area contributed by atoms with Gasteiger partial charge in [-0.1, -0.05) is 6.07 Å². The van der Waals surface area contributed by atoms with E-state index in [9.17, 15) is 18.0 Å². The van der Waals surface area contributed by atoms with Crippen molar-refractivity contribution >= 4 is 6.29 Å². The van der Waals surface area contributed by atoms with E-state index in [2.05, 4.69) is 4.98 Å². The van der Waals surface area contributed by atoms with Crippen LogP contribution >= 0.6 is 0 Å². The molecule has 0 atom stereocenters. The van der Waals surface area contributed by atoms with Crippen molar-refractivity contribution in [3.8, 4) is 17.0 Å². The zero-order chi connectivity index (χ0) is 14.8. The van der Waals surface area contributed by atoms with Crippen molar-refractivity contribution in [2.75, 3.05) is 7.11 Å². The van der Waals surface area contributed by atoms with Crippen LogP contribution in [0.15, 0.2) is 36.5 Å². The van der Waals surface area contributed by atoms with E-state index in [1.807, 2.05) is 0 Å². The second-order valence-corrected chi connectivity index (χ2v) is 4.00. The highest BCUT2D eigenvalue weighted by atomic mass is 19.4. The zero-order valence-electron chi connectivity index (χ0n) is 10.4. The lowest BCUT2D eigenvalue weighted by Crippen LogP contribution is -2.05. The molecule has 0 aliphatic carbocycles. The molecule has 0 saturated carbocycles. The number of aromatic nitrogens is 1. The Kier molecular flexibility index (Phi) is 3.74. The molecule has 3 nitrogen and oxygen atoms in total. The van der Waals surface area contributed by atoms with E-state index in [1.165, 1.54) is 25.4 Å². The lowest BCUT2D eigenvalue weighted by molar-refractivity contribution is -0.137. The molecule has 0 bridgehead atoms. The topological polar surface area (TPSA) is 39.2 Å². The number of benzene rings is 1. The predicted molar refractivity (Wildman–Crippen MR) is 66.6 cm³/mol. The number of methoxy groups -OCH3 is 1. The molecule has 104 valence electrons. The molecule has 0 radical (unpaired) electrons. The van der Waals surface area contributed by atoms with Crippen LogP contribution in [0.4, 0.5) is 13.2 Å². The van der Waals surface area contributed by atoms with Gasteiger partial charge in [-0.05, 0) is 29.3 Å². The predicted octanol–water partition coefficient (Wildman–Crippen LogP) is 3.59. The molecule has 2 rings (SSSR count). The van der Waals surface area contributed by atoms with E-state index < -0.39 is 11.7 Å². The minimum atomic E-state index is -4.46. The highest BCUT2D eigenvalue weighted by molar-refractivity contribution is 5.88. The van der Waals surface area contributed by atoms with Crippen LogP contribution in [0, 0.1) is 0 Å². The number of carbonyl (C=O) groups excluding carboxylic acids is 1. The molecule has 1 heterocycles. The van der Waals surface area contributed by atoms with Crippen LogP contribution in [0.2, 0.25) is 0 Å². The quantitative estimate of drug-likeness (QED) is 0.807. The van der Waals surface area contributed by atoms with Gasteiger partial charge in [-0.15, -0.1) is 0 Å². The van der Waals surface area contributed by atoms with Crippen molar-refractivity contribution in [3.05, 3.63) is 47.7 Å². The summed E-state index contributed by atoms with van der Waals surface area (Å²) < 4.78 is 43.1. The van der Waals surface area contributed by atoms with Gasteiger partial charge in [0.05, 0.1) is 12.7 Å². The van der Waals surface area contributed by atoms with Crippen molar-refractivity contribution in [1.29, 1.82) is 0 Å². The van der Waals surface area contributed by atoms with Crippen LogP contribution in [-0.4, -0.2) is 18.4 Å². The van der Waals surface area contributed by atoms with Gasteiger partial charge in [0.1, 0.15) is 0 Å². The third-order valence-electron chi connectivity index (χ3n) is 2.76. The molecule has 0 aliphatic heterocycles. The number of ether oxygens (including phenoxy) is 1. The molecule has 0 saturated heterocycles.